The van der Waals surface area contributed by atoms with Gasteiger partial charge in [-0.2, -0.15) is 0 Å². The van der Waals surface area contributed by atoms with Crippen LogP contribution in [0.3, 0.4) is 0 Å². The van der Waals surface area contributed by atoms with Gasteiger partial charge in [0.25, 0.3) is 0 Å². The van der Waals surface area contributed by atoms with Gasteiger partial charge < -0.3 is 25.3 Å². The van der Waals surface area contributed by atoms with Crippen molar-refractivity contribution in [1.82, 2.24) is 4.98 Å². The molecule has 1 aromatic heterocycles. The summed E-state index contributed by atoms with van der Waals surface area (Å²) in [5.74, 6) is 1.99. The molecule has 2 heterocycles. The predicted molar refractivity (Wildman–Crippen MR) is 113 cm³/mol. The molecule has 3 aromatic rings. The molecule has 0 fully saturated rings. The molecule has 0 saturated heterocycles. The molecule has 0 saturated carbocycles. The maximum Gasteiger partial charge on any atom is 0.226 e. The van der Waals surface area contributed by atoms with Gasteiger partial charge in [0.2, 0.25) is 5.91 Å². The molecule has 0 aliphatic carbocycles. The third-order valence-electron chi connectivity index (χ3n) is 4.31. The number of aromatic nitrogens is 1. The Balaban J connectivity index is 1.27. The van der Waals surface area contributed by atoms with Crippen LogP contribution in [-0.2, 0) is 4.79 Å². The molecule has 0 radical (unpaired) electrons. The van der Waals surface area contributed by atoms with Gasteiger partial charge in [0.05, 0.1) is 18.0 Å². The van der Waals surface area contributed by atoms with Crippen LogP contribution in [0.1, 0.15) is 12.8 Å². The van der Waals surface area contributed by atoms with Crippen LogP contribution < -0.4 is 25.3 Å². The van der Waals surface area contributed by atoms with Gasteiger partial charge in [-0.15, -0.1) is 11.3 Å². The standard InChI is InChI=1S/C21H21N3O4S/c22-15-4-1-2-5-17(15)26-9-3-6-20(25)24-21-23-16(13-29-21)14-7-8-18-19(12-14)28-11-10-27-18/h1-2,4-5,7-8,12-13H,3,6,9-11,22H2,(H,23,24,25). The number of anilines is 2. The van der Waals surface area contributed by atoms with E-state index in [4.69, 9.17) is 19.9 Å². The summed E-state index contributed by atoms with van der Waals surface area (Å²) in [5.41, 5.74) is 8.12. The van der Waals surface area contributed by atoms with E-state index in [0.29, 0.717) is 55.0 Å². The summed E-state index contributed by atoms with van der Waals surface area (Å²) in [6, 6.07) is 13.0. The van der Waals surface area contributed by atoms with Crippen LogP contribution in [0, 0.1) is 0 Å². The first-order valence-electron chi connectivity index (χ1n) is 9.32. The number of para-hydroxylation sites is 2. The maximum atomic E-state index is 12.2. The lowest BCUT2D eigenvalue weighted by Crippen LogP contribution is -2.15. The Morgan fingerprint density at radius 1 is 1.17 bits per heavy atom. The smallest absolute Gasteiger partial charge is 0.226 e. The van der Waals surface area contributed by atoms with Gasteiger partial charge in [0.15, 0.2) is 16.6 Å². The van der Waals surface area contributed by atoms with E-state index < -0.39 is 0 Å². The summed E-state index contributed by atoms with van der Waals surface area (Å²) in [6.07, 6.45) is 0.923. The maximum absolute atomic E-state index is 12.2. The van der Waals surface area contributed by atoms with Crippen molar-refractivity contribution in [2.45, 2.75) is 12.8 Å². The molecule has 3 N–H and O–H groups in total. The Morgan fingerprint density at radius 2 is 2.00 bits per heavy atom. The predicted octanol–water partition coefficient (Wildman–Crippen LogP) is 3.96. The van der Waals surface area contributed by atoms with Crippen molar-refractivity contribution in [1.29, 1.82) is 0 Å². The van der Waals surface area contributed by atoms with Crippen LogP contribution >= 0.6 is 11.3 Å². The molecule has 1 amide bonds. The molecule has 1 aliphatic heterocycles. The number of rotatable bonds is 7. The van der Waals surface area contributed by atoms with Crippen molar-refractivity contribution in [2.24, 2.45) is 0 Å². The molecule has 0 atom stereocenters. The molecule has 1 aliphatic rings. The van der Waals surface area contributed by atoms with Crippen LogP contribution in [-0.4, -0.2) is 30.7 Å². The van der Waals surface area contributed by atoms with Crippen LogP contribution in [0.4, 0.5) is 10.8 Å². The summed E-state index contributed by atoms with van der Waals surface area (Å²) in [6.45, 7) is 1.51. The number of hydrogen-bond acceptors (Lipinski definition) is 7. The second kappa shape index (κ2) is 8.83. The molecular weight excluding hydrogens is 390 g/mol. The Bertz CT molecular complexity index is 1010. The van der Waals surface area contributed by atoms with E-state index in [1.165, 1.54) is 11.3 Å². The van der Waals surface area contributed by atoms with Crippen molar-refractivity contribution in [2.75, 3.05) is 30.9 Å². The lowest BCUT2D eigenvalue weighted by molar-refractivity contribution is -0.116. The molecule has 2 aromatic carbocycles. The number of nitrogen functional groups attached to an aromatic ring is 1. The van der Waals surface area contributed by atoms with E-state index in [9.17, 15) is 4.79 Å². The number of benzene rings is 2. The first-order valence-corrected chi connectivity index (χ1v) is 10.2. The number of carbonyl (C=O) groups is 1. The Morgan fingerprint density at radius 3 is 2.86 bits per heavy atom. The fourth-order valence-corrected chi connectivity index (χ4v) is 3.61. The molecule has 4 rings (SSSR count). The molecular formula is C21H21N3O4S. The topological polar surface area (TPSA) is 95.7 Å². The highest BCUT2D eigenvalue weighted by molar-refractivity contribution is 7.14. The SMILES string of the molecule is Nc1ccccc1OCCCC(=O)Nc1nc(-c2ccc3c(c2)OCCO3)cs1. The van der Waals surface area contributed by atoms with Gasteiger partial charge in [-0.25, -0.2) is 4.98 Å². The minimum Gasteiger partial charge on any atom is -0.491 e. The number of carbonyl (C=O) groups excluding carboxylic acids is 1. The van der Waals surface area contributed by atoms with Crippen molar-refractivity contribution < 1.29 is 19.0 Å². The molecule has 150 valence electrons. The number of nitrogens with two attached hydrogens (primary N) is 1. The lowest BCUT2D eigenvalue weighted by Gasteiger charge is -2.18. The first kappa shape index (κ1) is 19.1. The molecule has 7 nitrogen and oxygen atoms in total. The highest BCUT2D eigenvalue weighted by atomic mass is 32.1. The highest BCUT2D eigenvalue weighted by Gasteiger charge is 2.14. The number of nitrogens with zero attached hydrogens (tertiary/aromatic N) is 1. The van der Waals surface area contributed by atoms with Gasteiger partial charge in [0.1, 0.15) is 19.0 Å². The number of fused-ring (bicyclic) bond motifs is 1. The first-order chi connectivity index (χ1) is 14.2. The van der Waals surface area contributed by atoms with Crippen molar-refractivity contribution in [3.05, 3.63) is 47.8 Å². The summed E-state index contributed by atoms with van der Waals surface area (Å²) < 4.78 is 16.8. The van der Waals surface area contributed by atoms with Crippen molar-refractivity contribution >= 4 is 28.1 Å². The second-order valence-electron chi connectivity index (χ2n) is 6.43. The third kappa shape index (κ3) is 4.78. The lowest BCUT2D eigenvalue weighted by atomic mass is 10.1. The van der Waals surface area contributed by atoms with Crippen LogP contribution in [0.5, 0.6) is 17.2 Å². The summed E-state index contributed by atoms with van der Waals surface area (Å²) in [5, 5.41) is 5.30. The second-order valence-corrected chi connectivity index (χ2v) is 7.29. The monoisotopic (exact) mass is 411 g/mol. The largest absolute Gasteiger partial charge is 0.491 e. The van der Waals surface area contributed by atoms with Gasteiger partial charge in [0, 0.05) is 17.4 Å². The minimum atomic E-state index is -0.0993. The number of thiazole rings is 1. The Kier molecular flexibility index (Phi) is 5.81. The Labute approximate surface area is 172 Å². The fourth-order valence-electron chi connectivity index (χ4n) is 2.88. The summed E-state index contributed by atoms with van der Waals surface area (Å²) >= 11 is 1.39. The summed E-state index contributed by atoms with van der Waals surface area (Å²) in [4.78, 5) is 16.7. The van der Waals surface area contributed by atoms with E-state index in [1.54, 1.807) is 6.07 Å². The average Bonchev–Trinajstić information content (AvgIpc) is 3.20. The zero-order valence-corrected chi connectivity index (χ0v) is 16.5. The molecule has 8 heteroatoms. The number of amides is 1. The van der Waals surface area contributed by atoms with E-state index in [0.717, 1.165) is 17.0 Å². The van der Waals surface area contributed by atoms with Crippen LogP contribution in [0.2, 0.25) is 0 Å². The van der Waals surface area contributed by atoms with Crippen LogP contribution in [0.25, 0.3) is 11.3 Å². The zero-order valence-electron chi connectivity index (χ0n) is 15.7. The van der Waals surface area contributed by atoms with Gasteiger partial charge in [-0.1, -0.05) is 12.1 Å². The zero-order chi connectivity index (χ0) is 20.1. The van der Waals surface area contributed by atoms with Gasteiger partial charge in [-0.05, 0) is 36.8 Å². The molecule has 0 unspecified atom stereocenters. The van der Waals surface area contributed by atoms with E-state index in [-0.39, 0.29) is 5.91 Å². The van der Waals surface area contributed by atoms with Crippen LogP contribution in [0.15, 0.2) is 47.8 Å². The molecule has 0 spiro atoms. The average molecular weight is 411 g/mol. The van der Waals surface area contributed by atoms with Gasteiger partial charge >= 0.3 is 0 Å². The fraction of sp³-hybridized carbons (Fsp3) is 0.238. The minimum absolute atomic E-state index is 0.0993. The third-order valence-corrected chi connectivity index (χ3v) is 5.07. The molecule has 0 bridgehead atoms. The number of hydrogen-bond donors (Lipinski definition) is 2. The normalized spacial score (nSPS) is 12.4. The summed E-state index contributed by atoms with van der Waals surface area (Å²) in [7, 11) is 0. The quantitative estimate of drug-likeness (QED) is 0.451. The number of ether oxygens (including phenoxy) is 3. The van der Waals surface area contributed by atoms with E-state index >= 15 is 0 Å². The Hall–Kier alpha value is -3.26. The number of nitrogens with one attached hydrogen (secondary N) is 1. The highest BCUT2D eigenvalue weighted by Crippen LogP contribution is 2.35. The molecule has 29 heavy (non-hydrogen) atoms. The van der Waals surface area contributed by atoms with E-state index in [2.05, 4.69) is 10.3 Å². The van der Waals surface area contributed by atoms with Gasteiger partial charge in [-0.3, -0.25) is 4.79 Å². The van der Waals surface area contributed by atoms with E-state index in [1.807, 2.05) is 41.8 Å². The van der Waals surface area contributed by atoms with Crippen molar-refractivity contribution in [3.63, 3.8) is 0 Å². The van der Waals surface area contributed by atoms with Crippen molar-refractivity contribution in [3.8, 4) is 28.5 Å².